The van der Waals surface area contributed by atoms with E-state index >= 15 is 0 Å². The molecule has 1 amide bonds. The number of piperazine rings is 1. The number of aryl methyl sites for hydroxylation is 1. The lowest BCUT2D eigenvalue weighted by Gasteiger charge is -2.35. The first-order valence-corrected chi connectivity index (χ1v) is 9.72. The Labute approximate surface area is 162 Å². The summed E-state index contributed by atoms with van der Waals surface area (Å²) in [6, 6.07) is 5.65. The highest BCUT2D eigenvalue weighted by molar-refractivity contribution is 5.76. The van der Waals surface area contributed by atoms with E-state index in [0.717, 1.165) is 31.5 Å². The van der Waals surface area contributed by atoms with E-state index < -0.39 is 0 Å². The van der Waals surface area contributed by atoms with Gasteiger partial charge in [0.1, 0.15) is 24.3 Å². The van der Waals surface area contributed by atoms with Gasteiger partial charge in [0.2, 0.25) is 5.91 Å². The summed E-state index contributed by atoms with van der Waals surface area (Å²) >= 11 is 0. The Hall–Kier alpha value is -3.15. The second kappa shape index (κ2) is 7.84. The van der Waals surface area contributed by atoms with Gasteiger partial charge < -0.3 is 9.80 Å². The van der Waals surface area contributed by atoms with Gasteiger partial charge in [0, 0.05) is 45.3 Å². The fourth-order valence-electron chi connectivity index (χ4n) is 3.86. The van der Waals surface area contributed by atoms with Crippen LogP contribution in [0.2, 0.25) is 0 Å². The molecule has 4 heterocycles. The van der Waals surface area contributed by atoms with Crippen molar-refractivity contribution in [2.24, 2.45) is 0 Å². The summed E-state index contributed by atoms with van der Waals surface area (Å²) in [7, 11) is 0. The Kier molecular flexibility index (Phi) is 5.10. The van der Waals surface area contributed by atoms with Crippen molar-refractivity contribution in [1.82, 2.24) is 24.2 Å². The second-order valence-electron chi connectivity index (χ2n) is 7.17. The number of hydrogen-bond acceptors (Lipinski definition) is 6. The van der Waals surface area contributed by atoms with Crippen molar-refractivity contribution in [2.45, 2.75) is 38.8 Å². The van der Waals surface area contributed by atoms with Gasteiger partial charge in [-0.05, 0) is 25.0 Å². The van der Waals surface area contributed by atoms with Gasteiger partial charge in [0.05, 0.1) is 5.56 Å². The zero-order valence-electron chi connectivity index (χ0n) is 15.8. The van der Waals surface area contributed by atoms with Gasteiger partial charge in [0.15, 0.2) is 0 Å². The lowest BCUT2D eigenvalue weighted by molar-refractivity contribution is -0.132. The third-order valence-corrected chi connectivity index (χ3v) is 5.41. The zero-order chi connectivity index (χ0) is 19.5. The molecule has 146 valence electrons. The number of fused-ring (bicyclic) bond motifs is 1. The molecule has 0 saturated carbocycles. The molecule has 0 atom stereocenters. The normalized spacial score (nSPS) is 17.0. The molecular formula is C19H23N7O2. The number of amides is 1. The molecule has 2 aromatic rings. The quantitative estimate of drug-likeness (QED) is 0.762. The molecule has 0 N–H and O–H groups in total. The first kappa shape index (κ1) is 18.2. The maximum absolute atomic E-state index is 12.7. The van der Waals surface area contributed by atoms with Gasteiger partial charge in [-0.2, -0.15) is 10.4 Å². The van der Waals surface area contributed by atoms with Crippen LogP contribution >= 0.6 is 0 Å². The van der Waals surface area contributed by atoms with Crippen molar-refractivity contribution in [3.05, 3.63) is 40.2 Å². The number of carbonyl (C=O) groups excluding carboxylic acids is 1. The highest BCUT2D eigenvalue weighted by Gasteiger charge is 2.25. The van der Waals surface area contributed by atoms with Gasteiger partial charge in [-0.3, -0.25) is 9.36 Å². The topological polar surface area (TPSA) is 100 Å². The van der Waals surface area contributed by atoms with E-state index in [-0.39, 0.29) is 18.1 Å². The summed E-state index contributed by atoms with van der Waals surface area (Å²) in [5, 5.41) is 13.6. The lowest BCUT2D eigenvalue weighted by Crippen LogP contribution is -2.50. The van der Waals surface area contributed by atoms with Crippen molar-refractivity contribution in [1.29, 1.82) is 5.26 Å². The van der Waals surface area contributed by atoms with Crippen molar-refractivity contribution >= 4 is 11.7 Å². The maximum atomic E-state index is 12.7. The minimum absolute atomic E-state index is 0.0220. The number of anilines is 1. The van der Waals surface area contributed by atoms with Crippen LogP contribution in [0.25, 0.3) is 0 Å². The number of pyridine rings is 1. The first-order valence-electron chi connectivity index (χ1n) is 9.72. The molecule has 0 aromatic carbocycles. The largest absolute Gasteiger partial charge is 0.352 e. The molecule has 0 unspecified atom stereocenters. The average Bonchev–Trinajstić information content (AvgIpc) is 2.89. The summed E-state index contributed by atoms with van der Waals surface area (Å²) in [5.74, 6) is 1.35. The van der Waals surface area contributed by atoms with E-state index in [1.54, 1.807) is 27.8 Å². The average molecular weight is 381 g/mol. The highest BCUT2D eigenvalue weighted by Crippen LogP contribution is 2.18. The summed E-state index contributed by atoms with van der Waals surface area (Å²) in [6.45, 7) is 2.93. The van der Waals surface area contributed by atoms with Crippen LogP contribution < -0.4 is 10.6 Å². The molecule has 0 aliphatic carbocycles. The predicted octanol–water partition coefficient (Wildman–Crippen LogP) is 0.387. The number of nitrogens with zero attached hydrogens (tertiary/aromatic N) is 7. The van der Waals surface area contributed by atoms with Crippen LogP contribution in [0.5, 0.6) is 0 Å². The molecule has 2 aliphatic rings. The van der Waals surface area contributed by atoms with E-state index in [2.05, 4.69) is 16.2 Å². The Bertz CT molecular complexity index is 963. The first-order chi connectivity index (χ1) is 13.7. The van der Waals surface area contributed by atoms with E-state index in [1.807, 2.05) is 4.90 Å². The van der Waals surface area contributed by atoms with Crippen LogP contribution in [0.15, 0.2) is 23.1 Å². The molecule has 1 fully saturated rings. The third kappa shape index (κ3) is 3.50. The molecule has 0 bridgehead atoms. The molecule has 28 heavy (non-hydrogen) atoms. The fraction of sp³-hybridized carbons (Fsp3) is 0.526. The van der Waals surface area contributed by atoms with Crippen LogP contribution in [0.3, 0.4) is 0 Å². The molecule has 4 rings (SSSR count). The Balaban J connectivity index is 1.40. The van der Waals surface area contributed by atoms with Crippen LogP contribution in [-0.2, 0) is 24.3 Å². The SMILES string of the molecule is N#Cc1cccnc1N1CCN(C(=O)Cn2nc3n(c2=O)CCCCC3)CC1. The number of aromatic nitrogens is 4. The summed E-state index contributed by atoms with van der Waals surface area (Å²) < 4.78 is 3.02. The Morgan fingerprint density at radius 3 is 2.75 bits per heavy atom. The van der Waals surface area contributed by atoms with Crippen molar-refractivity contribution < 1.29 is 4.79 Å². The number of hydrogen-bond donors (Lipinski definition) is 0. The van der Waals surface area contributed by atoms with Gasteiger partial charge in [0.25, 0.3) is 0 Å². The van der Waals surface area contributed by atoms with E-state index in [1.165, 1.54) is 4.68 Å². The fourth-order valence-corrected chi connectivity index (χ4v) is 3.86. The second-order valence-corrected chi connectivity index (χ2v) is 7.17. The third-order valence-electron chi connectivity index (χ3n) is 5.41. The van der Waals surface area contributed by atoms with Crippen molar-refractivity contribution in [3.8, 4) is 6.07 Å². The Morgan fingerprint density at radius 2 is 1.96 bits per heavy atom. The van der Waals surface area contributed by atoms with Crippen molar-refractivity contribution in [3.63, 3.8) is 0 Å². The standard InChI is InChI=1S/C19H23N7O2/c20-13-15-5-4-7-21-18(15)24-11-9-23(10-12-24)17(27)14-26-19(28)25-8-3-1-2-6-16(25)22-26/h4-5,7H,1-3,6,8-12,14H2. The van der Waals surface area contributed by atoms with E-state index in [0.29, 0.717) is 44.1 Å². The monoisotopic (exact) mass is 381 g/mol. The van der Waals surface area contributed by atoms with Crippen LogP contribution in [0, 0.1) is 11.3 Å². The molecule has 2 aliphatic heterocycles. The highest BCUT2D eigenvalue weighted by atomic mass is 16.2. The maximum Gasteiger partial charge on any atom is 0.346 e. The number of nitriles is 1. The van der Waals surface area contributed by atoms with E-state index in [4.69, 9.17) is 0 Å². The molecule has 9 nitrogen and oxygen atoms in total. The van der Waals surface area contributed by atoms with Crippen LogP contribution in [-0.4, -0.2) is 56.3 Å². The smallest absolute Gasteiger partial charge is 0.346 e. The number of rotatable bonds is 3. The van der Waals surface area contributed by atoms with Crippen LogP contribution in [0.4, 0.5) is 5.82 Å². The zero-order valence-corrected chi connectivity index (χ0v) is 15.8. The molecule has 0 radical (unpaired) electrons. The number of carbonyl (C=O) groups is 1. The molecule has 0 spiro atoms. The van der Waals surface area contributed by atoms with Gasteiger partial charge in [-0.25, -0.2) is 14.5 Å². The summed E-state index contributed by atoms with van der Waals surface area (Å²) in [6.07, 6.45) is 5.58. The minimum Gasteiger partial charge on any atom is -0.352 e. The minimum atomic E-state index is -0.184. The van der Waals surface area contributed by atoms with Gasteiger partial charge in [-0.1, -0.05) is 6.42 Å². The lowest BCUT2D eigenvalue weighted by atomic mass is 10.2. The molecule has 2 aromatic heterocycles. The van der Waals surface area contributed by atoms with E-state index in [9.17, 15) is 14.9 Å². The summed E-state index contributed by atoms with van der Waals surface area (Å²) in [5.41, 5.74) is 0.351. The van der Waals surface area contributed by atoms with Crippen LogP contribution in [0.1, 0.15) is 30.7 Å². The predicted molar refractivity (Wildman–Crippen MR) is 102 cm³/mol. The summed E-state index contributed by atoms with van der Waals surface area (Å²) in [4.78, 5) is 33.3. The molecule has 1 saturated heterocycles. The Morgan fingerprint density at radius 1 is 1.14 bits per heavy atom. The van der Waals surface area contributed by atoms with Gasteiger partial charge >= 0.3 is 5.69 Å². The molecular weight excluding hydrogens is 358 g/mol. The molecule has 9 heteroatoms. The van der Waals surface area contributed by atoms with Crippen molar-refractivity contribution in [2.75, 3.05) is 31.1 Å². The van der Waals surface area contributed by atoms with Gasteiger partial charge in [-0.15, -0.1) is 0 Å².